The van der Waals surface area contributed by atoms with Crippen LogP contribution in [0.1, 0.15) is 48.2 Å². The van der Waals surface area contributed by atoms with Crippen LogP contribution >= 0.6 is 0 Å². The monoisotopic (exact) mass is 388 g/mol. The van der Waals surface area contributed by atoms with Gasteiger partial charge in [-0.25, -0.2) is 0 Å². The molecule has 6 heteroatoms. The highest BCUT2D eigenvalue weighted by atomic mass is 19.4. The van der Waals surface area contributed by atoms with Crippen molar-refractivity contribution in [1.82, 2.24) is 9.88 Å². The Balaban J connectivity index is 1.72. The summed E-state index contributed by atoms with van der Waals surface area (Å²) < 4.78 is 38.1. The molecule has 0 aliphatic carbocycles. The van der Waals surface area contributed by atoms with Gasteiger partial charge in [0.1, 0.15) is 0 Å². The van der Waals surface area contributed by atoms with Gasteiger partial charge in [-0.15, -0.1) is 0 Å². The molecule has 1 saturated heterocycles. The van der Waals surface area contributed by atoms with Gasteiger partial charge in [-0.2, -0.15) is 13.2 Å². The number of nitrogens with zero attached hydrogens (tertiary/aromatic N) is 2. The standard InChI is InChI=1S/C22H23F3N2O/c1-15(2)21(28)27-12-4-5-17(14-27)20-7-3-6-19(26-20)13-16-8-10-18(11-9-16)22(23,24)25/h3,6-11,17H,1,4-5,12-14H2,2H3. The first-order valence-electron chi connectivity index (χ1n) is 9.31. The molecule has 0 saturated carbocycles. The van der Waals surface area contributed by atoms with Crippen LogP contribution in [0.4, 0.5) is 13.2 Å². The fourth-order valence-corrected chi connectivity index (χ4v) is 3.52. The molecule has 28 heavy (non-hydrogen) atoms. The number of amides is 1. The maximum atomic E-state index is 12.7. The fraction of sp³-hybridized carbons (Fsp3) is 0.364. The van der Waals surface area contributed by atoms with Crippen LogP contribution in [-0.2, 0) is 17.4 Å². The largest absolute Gasteiger partial charge is 0.416 e. The van der Waals surface area contributed by atoms with E-state index in [9.17, 15) is 18.0 Å². The van der Waals surface area contributed by atoms with Crippen LogP contribution in [0.3, 0.4) is 0 Å². The van der Waals surface area contributed by atoms with Crippen molar-refractivity contribution in [3.8, 4) is 0 Å². The summed E-state index contributed by atoms with van der Waals surface area (Å²) in [7, 11) is 0. The normalized spacial score (nSPS) is 17.4. The number of carbonyl (C=O) groups excluding carboxylic acids is 1. The number of alkyl halides is 3. The van der Waals surface area contributed by atoms with Crippen molar-refractivity contribution in [2.45, 2.75) is 38.3 Å². The van der Waals surface area contributed by atoms with Crippen molar-refractivity contribution in [1.29, 1.82) is 0 Å². The molecule has 1 aliphatic heterocycles. The third-order valence-corrected chi connectivity index (χ3v) is 4.99. The van der Waals surface area contributed by atoms with Gasteiger partial charge in [-0.05, 0) is 49.6 Å². The Labute approximate surface area is 162 Å². The molecule has 0 N–H and O–H groups in total. The summed E-state index contributed by atoms with van der Waals surface area (Å²) in [6.07, 6.45) is -2.00. The number of carbonyl (C=O) groups is 1. The lowest BCUT2D eigenvalue weighted by atomic mass is 9.93. The van der Waals surface area contributed by atoms with E-state index in [1.54, 1.807) is 6.92 Å². The van der Waals surface area contributed by atoms with Crippen LogP contribution in [0.5, 0.6) is 0 Å². The van der Waals surface area contributed by atoms with Gasteiger partial charge >= 0.3 is 6.18 Å². The summed E-state index contributed by atoms with van der Waals surface area (Å²) in [6, 6.07) is 10.9. The Kier molecular flexibility index (Phi) is 5.87. The van der Waals surface area contributed by atoms with E-state index in [2.05, 4.69) is 6.58 Å². The van der Waals surface area contributed by atoms with Gasteiger partial charge < -0.3 is 4.90 Å². The lowest BCUT2D eigenvalue weighted by Crippen LogP contribution is -2.39. The lowest BCUT2D eigenvalue weighted by molar-refractivity contribution is -0.137. The molecule has 1 aliphatic rings. The number of hydrogen-bond donors (Lipinski definition) is 0. The Morgan fingerprint density at radius 1 is 1.21 bits per heavy atom. The molecule has 0 bridgehead atoms. The quantitative estimate of drug-likeness (QED) is 0.693. The van der Waals surface area contributed by atoms with Crippen molar-refractivity contribution in [2.75, 3.05) is 13.1 Å². The molecule has 0 spiro atoms. The van der Waals surface area contributed by atoms with E-state index in [0.29, 0.717) is 18.5 Å². The Morgan fingerprint density at radius 3 is 2.57 bits per heavy atom. The summed E-state index contributed by atoms with van der Waals surface area (Å²) in [4.78, 5) is 18.7. The average molecular weight is 388 g/mol. The molecule has 2 heterocycles. The van der Waals surface area contributed by atoms with E-state index >= 15 is 0 Å². The predicted molar refractivity (Wildman–Crippen MR) is 102 cm³/mol. The van der Waals surface area contributed by atoms with Gasteiger partial charge in [0, 0.05) is 42.4 Å². The molecule has 0 radical (unpaired) electrons. The van der Waals surface area contributed by atoms with Crippen LogP contribution in [0.25, 0.3) is 0 Å². The van der Waals surface area contributed by atoms with Crippen LogP contribution in [0, 0.1) is 0 Å². The van der Waals surface area contributed by atoms with Crippen molar-refractivity contribution < 1.29 is 18.0 Å². The molecular weight excluding hydrogens is 365 g/mol. The van der Waals surface area contributed by atoms with Crippen molar-refractivity contribution in [3.63, 3.8) is 0 Å². The lowest BCUT2D eigenvalue weighted by Gasteiger charge is -2.32. The first kappa shape index (κ1) is 20.1. The second-order valence-electron chi connectivity index (χ2n) is 7.30. The third kappa shape index (κ3) is 4.80. The molecular formula is C22H23F3N2O. The summed E-state index contributed by atoms with van der Waals surface area (Å²) in [5.74, 6) is 0.134. The van der Waals surface area contributed by atoms with E-state index in [1.165, 1.54) is 12.1 Å². The molecule has 2 aromatic rings. The summed E-state index contributed by atoms with van der Waals surface area (Å²) in [5.41, 5.74) is 2.39. The number of rotatable bonds is 4. The minimum absolute atomic E-state index is 0.0226. The molecule has 1 aromatic heterocycles. The minimum atomic E-state index is -4.33. The number of halogens is 3. The highest BCUT2D eigenvalue weighted by Gasteiger charge is 2.30. The van der Waals surface area contributed by atoms with E-state index in [-0.39, 0.29) is 11.8 Å². The van der Waals surface area contributed by atoms with Gasteiger partial charge in [0.2, 0.25) is 5.91 Å². The highest BCUT2D eigenvalue weighted by molar-refractivity contribution is 5.92. The highest BCUT2D eigenvalue weighted by Crippen LogP contribution is 2.30. The first-order valence-corrected chi connectivity index (χ1v) is 9.31. The van der Waals surface area contributed by atoms with Crippen LogP contribution in [0.15, 0.2) is 54.6 Å². The average Bonchev–Trinajstić information content (AvgIpc) is 2.67. The zero-order valence-corrected chi connectivity index (χ0v) is 15.8. The molecule has 3 rings (SSSR count). The molecule has 1 aromatic carbocycles. The van der Waals surface area contributed by atoms with Crippen LogP contribution in [0.2, 0.25) is 0 Å². The fourth-order valence-electron chi connectivity index (χ4n) is 3.52. The van der Waals surface area contributed by atoms with Gasteiger partial charge in [-0.1, -0.05) is 24.8 Å². The van der Waals surface area contributed by atoms with Crippen LogP contribution < -0.4 is 0 Å². The summed E-state index contributed by atoms with van der Waals surface area (Å²) in [5, 5.41) is 0. The van der Waals surface area contributed by atoms with Crippen molar-refractivity contribution >= 4 is 5.91 Å². The number of piperidine rings is 1. The smallest absolute Gasteiger partial charge is 0.338 e. The van der Waals surface area contributed by atoms with Crippen molar-refractivity contribution in [2.24, 2.45) is 0 Å². The summed E-state index contributed by atoms with van der Waals surface area (Å²) >= 11 is 0. The topological polar surface area (TPSA) is 33.2 Å². The Morgan fingerprint density at radius 2 is 1.93 bits per heavy atom. The number of benzene rings is 1. The van der Waals surface area contributed by atoms with E-state index in [0.717, 1.165) is 48.5 Å². The molecule has 3 nitrogen and oxygen atoms in total. The second kappa shape index (κ2) is 8.17. The summed E-state index contributed by atoms with van der Waals surface area (Å²) in [6.45, 7) is 6.79. The number of pyridine rings is 1. The van der Waals surface area contributed by atoms with E-state index in [1.807, 2.05) is 23.1 Å². The minimum Gasteiger partial charge on any atom is -0.338 e. The number of aromatic nitrogens is 1. The predicted octanol–water partition coefficient (Wildman–Crippen LogP) is 4.97. The SMILES string of the molecule is C=C(C)C(=O)N1CCCC(c2cccc(Cc3ccc(C(F)(F)F)cc3)n2)C1. The van der Waals surface area contributed by atoms with Gasteiger partial charge in [-0.3, -0.25) is 9.78 Å². The van der Waals surface area contributed by atoms with Gasteiger partial charge in [0.25, 0.3) is 0 Å². The van der Waals surface area contributed by atoms with Gasteiger partial charge in [0.15, 0.2) is 0 Å². The first-order chi connectivity index (χ1) is 13.2. The maximum Gasteiger partial charge on any atom is 0.416 e. The zero-order valence-electron chi connectivity index (χ0n) is 15.8. The van der Waals surface area contributed by atoms with E-state index in [4.69, 9.17) is 4.98 Å². The Hall–Kier alpha value is -2.63. The second-order valence-corrected chi connectivity index (χ2v) is 7.30. The molecule has 1 unspecified atom stereocenters. The number of hydrogen-bond acceptors (Lipinski definition) is 2. The molecule has 148 valence electrons. The van der Waals surface area contributed by atoms with Crippen molar-refractivity contribution in [3.05, 3.63) is 77.1 Å². The van der Waals surface area contributed by atoms with E-state index < -0.39 is 11.7 Å². The molecule has 1 amide bonds. The number of likely N-dealkylation sites (tertiary alicyclic amines) is 1. The maximum absolute atomic E-state index is 12.7. The molecule has 1 fully saturated rings. The molecule has 1 atom stereocenters. The zero-order chi connectivity index (χ0) is 20.3. The van der Waals surface area contributed by atoms with Crippen LogP contribution in [-0.4, -0.2) is 28.9 Å². The third-order valence-electron chi connectivity index (χ3n) is 4.99. The van der Waals surface area contributed by atoms with Gasteiger partial charge in [0.05, 0.1) is 5.56 Å². The Bertz CT molecular complexity index is 859.